The summed E-state index contributed by atoms with van der Waals surface area (Å²) in [4.78, 5) is 0. The number of nitrogens with zero attached hydrogens (tertiary/aromatic N) is 3. The Morgan fingerprint density at radius 2 is 2.19 bits per heavy atom. The molecule has 2 N–H and O–H groups in total. The van der Waals surface area contributed by atoms with Crippen LogP contribution < -0.4 is 5.84 Å². The normalized spacial score (nSPS) is 11.1. The fourth-order valence-electron chi connectivity index (χ4n) is 1.89. The number of hydrogen-bond acceptors (Lipinski definition) is 3. The molecule has 0 fully saturated rings. The molecule has 1 heterocycles. The van der Waals surface area contributed by atoms with Gasteiger partial charge in [0.15, 0.2) is 0 Å². The molecule has 0 saturated heterocycles. The zero-order valence-electron chi connectivity index (χ0n) is 9.38. The van der Waals surface area contributed by atoms with Crippen LogP contribution in [0.25, 0.3) is 5.69 Å². The van der Waals surface area contributed by atoms with Gasteiger partial charge in [-0.05, 0) is 31.5 Å². The van der Waals surface area contributed by atoms with Crippen LogP contribution in [0.5, 0.6) is 0 Å². The minimum Gasteiger partial charge on any atom is -0.323 e. The number of hydrogen-bond donors (Lipinski definition) is 1. The molecule has 0 bridgehead atoms. The molecule has 0 aliphatic heterocycles. The molecule has 82 valence electrons. The quantitative estimate of drug-likeness (QED) is 0.470. The minimum absolute atomic E-state index is 0.976. The first-order valence-electron chi connectivity index (χ1n) is 5.07. The van der Waals surface area contributed by atoms with Gasteiger partial charge in [0.25, 0.3) is 0 Å². The number of nitrogens with two attached hydrogens (primary N) is 1. The van der Waals surface area contributed by atoms with E-state index in [0.29, 0.717) is 0 Å². The van der Waals surface area contributed by atoms with Crippen molar-refractivity contribution in [1.29, 1.82) is 0 Å². The summed E-state index contributed by atoms with van der Waals surface area (Å²) in [5.74, 6) is 5.22. The number of aryl methyl sites for hydroxylation is 2. The molecule has 2 aromatic rings. The van der Waals surface area contributed by atoms with E-state index < -0.39 is 0 Å². The van der Waals surface area contributed by atoms with Crippen LogP contribution >= 0.6 is 0 Å². The molecule has 0 atom stereocenters. The van der Waals surface area contributed by atoms with Crippen LogP contribution in [0.1, 0.15) is 16.7 Å². The van der Waals surface area contributed by atoms with Crippen molar-refractivity contribution in [2.75, 3.05) is 0 Å². The SMILES string of the molecule is Cc1cc(C)c(-n2cccn2)c(C=NN)c1. The molecule has 0 saturated carbocycles. The lowest BCUT2D eigenvalue weighted by molar-refractivity contribution is 0.870. The molecule has 0 spiro atoms. The van der Waals surface area contributed by atoms with Crippen LogP contribution in [-0.2, 0) is 0 Å². The molecule has 16 heavy (non-hydrogen) atoms. The van der Waals surface area contributed by atoms with Crippen LogP contribution in [0.3, 0.4) is 0 Å². The first-order valence-corrected chi connectivity index (χ1v) is 5.07. The lowest BCUT2D eigenvalue weighted by Gasteiger charge is -2.10. The first kappa shape index (κ1) is 10.4. The van der Waals surface area contributed by atoms with Gasteiger partial charge in [-0.3, -0.25) is 0 Å². The van der Waals surface area contributed by atoms with Crippen molar-refractivity contribution in [3.8, 4) is 5.69 Å². The van der Waals surface area contributed by atoms with E-state index in [4.69, 9.17) is 5.84 Å². The van der Waals surface area contributed by atoms with Gasteiger partial charge in [-0.25, -0.2) is 4.68 Å². The summed E-state index contributed by atoms with van der Waals surface area (Å²) in [7, 11) is 0. The van der Waals surface area contributed by atoms with E-state index in [2.05, 4.69) is 23.2 Å². The second-order valence-corrected chi connectivity index (χ2v) is 3.75. The average molecular weight is 214 g/mol. The monoisotopic (exact) mass is 214 g/mol. The lowest BCUT2D eigenvalue weighted by Crippen LogP contribution is -2.04. The third-order valence-electron chi connectivity index (χ3n) is 2.42. The van der Waals surface area contributed by atoms with E-state index in [1.165, 1.54) is 5.56 Å². The van der Waals surface area contributed by atoms with Crippen molar-refractivity contribution in [1.82, 2.24) is 9.78 Å². The van der Waals surface area contributed by atoms with E-state index in [1.807, 2.05) is 29.9 Å². The van der Waals surface area contributed by atoms with Crippen molar-refractivity contribution in [2.45, 2.75) is 13.8 Å². The topological polar surface area (TPSA) is 56.2 Å². The Morgan fingerprint density at radius 3 is 2.81 bits per heavy atom. The van der Waals surface area contributed by atoms with Crippen molar-refractivity contribution in [2.24, 2.45) is 10.9 Å². The minimum atomic E-state index is 0.976. The number of benzene rings is 1. The Balaban J connectivity index is 2.67. The van der Waals surface area contributed by atoms with E-state index in [-0.39, 0.29) is 0 Å². The molecular weight excluding hydrogens is 200 g/mol. The Labute approximate surface area is 94.4 Å². The highest BCUT2D eigenvalue weighted by Crippen LogP contribution is 2.19. The second kappa shape index (κ2) is 4.18. The summed E-state index contributed by atoms with van der Waals surface area (Å²) >= 11 is 0. The van der Waals surface area contributed by atoms with Gasteiger partial charge < -0.3 is 5.84 Å². The number of aromatic nitrogens is 2. The zero-order chi connectivity index (χ0) is 11.5. The molecular formula is C12H14N4. The first-order chi connectivity index (χ1) is 7.72. The van der Waals surface area contributed by atoms with E-state index >= 15 is 0 Å². The van der Waals surface area contributed by atoms with Crippen LogP contribution in [0.15, 0.2) is 35.7 Å². The van der Waals surface area contributed by atoms with Crippen molar-refractivity contribution in [3.05, 3.63) is 47.3 Å². The third kappa shape index (κ3) is 1.82. The maximum absolute atomic E-state index is 5.22. The molecule has 0 radical (unpaired) electrons. The number of hydrazone groups is 1. The van der Waals surface area contributed by atoms with Crippen molar-refractivity contribution >= 4 is 6.21 Å². The van der Waals surface area contributed by atoms with Crippen LogP contribution in [0.4, 0.5) is 0 Å². The van der Waals surface area contributed by atoms with Gasteiger partial charge in [-0.15, -0.1) is 0 Å². The Kier molecular flexibility index (Phi) is 2.72. The number of rotatable bonds is 2. The highest BCUT2D eigenvalue weighted by molar-refractivity contribution is 5.85. The predicted molar refractivity (Wildman–Crippen MR) is 64.8 cm³/mol. The lowest BCUT2D eigenvalue weighted by atomic mass is 10.0. The van der Waals surface area contributed by atoms with Crippen LogP contribution in [0, 0.1) is 13.8 Å². The molecule has 0 aliphatic rings. The molecule has 0 aliphatic carbocycles. The van der Waals surface area contributed by atoms with Gasteiger partial charge in [0.05, 0.1) is 11.9 Å². The Hall–Kier alpha value is -2.10. The summed E-state index contributed by atoms with van der Waals surface area (Å²) in [5, 5.41) is 7.83. The zero-order valence-corrected chi connectivity index (χ0v) is 9.38. The van der Waals surface area contributed by atoms with Gasteiger partial charge >= 0.3 is 0 Å². The van der Waals surface area contributed by atoms with Gasteiger partial charge in [-0.1, -0.05) is 11.6 Å². The fourth-order valence-corrected chi connectivity index (χ4v) is 1.89. The second-order valence-electron chi connectivity index (χ2n) is 3.75. The molecule has 4 nitrogen and oxygen atoms in total. The standard InChI is InChI=1S/C12H14N4/c1-9-6-10(2)12(11(7-9)8-14-13)16-5-3-4-15-16/h3-8H,13H2,1-2H3. The van der Waals surface area contributed by atoms with Gasteiger partial charge in [-0.2, -0.15) is 10.2 Å². The van der Waals surface area contributed by atoms with Crippen molar-refractivity contribution < 1.29 is 0 Å². The largest absolute Gasteiger partial charge is 0.323 e. The molecule has 4 heteroatoms. The Morgan fingerprint density at radius 1 is 1.38 bits per heavy atom. The average Bonchev–Trinajstić information content (AvgIpc) is 2.70. The fraction of sp³-hybridized carbons (Fsp3) is 0.167. The molecule has 0 unspecified atom stereocenters. The highest BCUT2D eigenvalue weighted by Gasteiger charge is 2.07. The maximum atomic E-state index is 5.22. The highest BCUT2D eigenvalue weighted by atomic mass is 15.3. The van der Waals surface area contributed by atoms with E-state index in [9.17, 15) is 0 Å². The smallest absolute Gasteiger partial charge is 0.0763 e. The Bertz CT molecular complexity index is 512. The predicted octanol–water partition coefficient (Wildman–Crippen LogP) is 1.78. The van der Waals surface area contributed by atoms with Crippen molar-refractivity contribution in [3.63, 3.8) is 0 Å². The summed E-state index contributed by atoms with van der Waals surface area (Å²) in [5.41, 5.74) is 4.33. The molecule has 2 rings (SSSR count). The third-order valence-corrected chi connectivity index (χ3v) is 2.42. The maximum Gasteiger partial charge on any atom is 0.0763 e. The molecule has 1 aromatic carbocycles. The van der Waals surface area contributed by atoms with Gasteiger partial charge in [0.2, 0.25) is 0 Å². The van der Waals surface area contributed by atoms with Gasteiger partial charge in [0.1, 0.15) is 0 Å². The summed E-state index contributed by atoms with van der Waals surface area (Å²) in [6, 6.07) is 6.05. The summed E-state index contributed by atoms with van der Waals surface area (Å²) < 4.78 is 1.83. The molecule has 1 aromatic heterocycles. The van der Waals surface area contributed by atoms with Crippen LogP contribution in [-0.4, -0.2) is 16.0 Å². The van der Waals surface area contributed by atoms with E-state index in [0.717, 1.165) is 16.8 Å². The van der Waals surface area contributed by atoms with Gasteiger partial charge in [0, 0.05) is 18.0 Å². The summed E-state index contributed by atoms with van der Waals surface area (Å²) in [6.45, 7) is 4.10. The van der Waals surface area contributed by atoms with E-state index in [1.54, 1.807) is 12.4 Å². The van der Waals surface area contributed by atoms with Crippen LogP contribution in [0.2, 0.25) is 0 Å². The molecule has 0 amide bonds. The summed E-state index contributed by atoms with van der Waals surface area (Å²) in [6.07, 6.45) is 5.31.